The summed E-state index contributed by atoms with van der Waals surface area (Å²) in [5.41, 5.74) is 1.61. The summed E-state index contributed by atoms with van der Waals surface area (Å²) in [5.74, 6) is -0.523. The van der Waals surface area contributed by atoms with Gasteiger partial charge in [-0.05, 0) is 25.5 Å². The molecule has 1 aromatic heterocycles. The van der Waals surface area contributed by atoms with Crippen molar-refractivity contribution in [3.63, 3.8) is 0 Å². The highest BCUT2D eigenvalue weighted by molar-refractivity contribution is 5.88. The van der Waals surface area contributed by atoms with E-state index in [2.05, 4.69) is 9.97 Å². The average molecular weight is 271 g/mol. The maximum Gasteiger partial charge on any atom is 0.162 e. The van der Waals surface area contributed by atoms with Gasteiger partial charge in [-0.1, -0.05) is 12.1 Å². The van der Waals surface area contributed by atoms with Gasteiger partial charge in [0.2, 0.25) is 0 Å². The minimum Gasteiger partial charge on any atom is -0.382 e. The largest absolute Gasteiger partial charge is 0.382 e. The normalized spacial score (nSPS) is 12.2. The number of nitrogens with zero attached hydrogens (tertiary/aromatic N) is 2. The molecular weight excluding hydrogens is 254 g/mol. The van der Waals surface area contributed by atoms with Crippen molar-refractivity contribution < 1.29 is 9.53 Å². The standard InChI is InChI=1S/C15H17N3O2/c1-2-20-9-5-8-14(19)11(10-16)15-17-12-6-3-4-7-13(12)18-15/h3-4,6-7,11H,2,5,8-9H2,1H3,(H,17,18)/t11-/m0/s1. The van der Waals surface area contributed by atoms with Crippen LogP contribution in [0.25, 0.3) is 11.0 Å². The van der Waals surface area contributed by atoms with E-state index in [9.17, 15) is 10.1 Å². The van der Waals surface area contributed by atoms with Crippen LogP contribution >= 0.6 is 0 Å². The Kier molecular flexibility index (Phi) is 4.85. The van der Waals surface area contributed by atoms with Crippen molar-refractivity contribution in [2.75, 3.05) is 13.2 Å². The highest BCUT2D eigenvalue weighted by Crippen LogP contribution is 2.19. The molecular formula is C15H17N3O2. The number of carbonyl (C=O) groups excluding carboxylic acids is 1. The zero-order valence-corrected chi connectivity index (χ0v) is 11.4. The van der Waals surface area contributed by atoms with Gasteiger partial charge in [-0.2, -0.15) is 5.26 Å². The fraction of sp³-hybridized carbons (Fsp3) is 0.400. The third-order valence-corrected chi connectivity index (χ3v) is 3.05. The number of H-pyrrole nitrogens is 1. The van der Waals surface area contributed by atoms with Crippen LogP contribution in [0.5, 0.6) is 0 Å². The number of aromatic nitrogens is 2. The molecule has 0 fully saturated rings. The molecule has 2 rings (SSSR count). The summed E-state index contributed by atoms with van der Waals surface area (Å²) < 4.78 is 5.19. The first kappa shape index (κ1) is 14.2. The van der Waals surface area contributed by atoms with E-state index >= 15 is 0 Å². The van der Waals surface area contributed by atoms with Crippen LogP contribution in [0.1, 0.15) is 31.5 Å². The molecule has 1 aromatic carbocycles. The predicted octanol–water partition coefficient (Wildman–Crippen LogP) is 2.56. The van der Waals surface area contributed by atoms with Crippen LogP contribution in [-0.4, -0.2) is 29.0 Å². The Bertz CT molecular complexity index is 594. The third kappa shape index (κ3) is 3.22. The number of hydrogen-bond donors (Lipinski definition) is 1. The highest BCUT2D eigenvalue weighted by Gasteiger charge is 2.23. The van der Waals surface area contributed by atoms with Crippen molar-refractivity contribution in [1.29, 1.82) is 5.26 Å². The van der Waals surface area contributed by atoms with Gasteiger partial charge in [0.05, 0.1) is 17.1 Å². The number of nitriles is 1. The first-order valence-electron chi connectivity index (χ1n) is 6.71. The molecule has 20 heavy (non-hydrogen) atoms. The first-order chi connectivity index (χ1) is 9.76. The van der Waals surface area contributed by atoms with Crippen LogP contribution in [0.2, 0.25) is 0 Å². The van der Waals surface area contributed by atoms with Gasteiger partial charge in [0.25, 0.3) is 0 Å². The zero-order chi connectivity index (χ0) is 14.4. The SMILES string of the molecule is CCOCCCC(=O)[C@H](C#N)c1nc2ccccc2[nH]1. The number of imidazole rings is 1. The average Bonchev–Trinajstić information content (AvgIpc) is 2.88. The molecule has 0 amide bonds. The molecule has 0 saturated carbocycles. The van der Waals surface area contributed by atoms with Crippen LogP contribution in [0.4, 0.5) is 0 Å². The molecule has 5 nitrogen and oxygen atoms in total. The van der Waals surface area contributed by atoms with Crippen molar-refractivity contribution in [3.05, 3.63) is 30.1 Å². The number of carbonyl (C=O) groups is 1. The Hall–Kier alpha value is -2.19. The monoisotopic (exact) mass is 271 g/mol. The maximum atomic E-state index is 12.1. The van der Waals surface area contributed by atoms with Crippen molar-refractivity contribution in [2.24, 2.45) is 0 Å². The van der Waals surface area contributed by atoms with Gasteiger partial charge in [0, 0.05) is 19.6 Å². The van der Waals surface area contributed by atoms with E-state index in [4.69, 9.17) is 4.74 Å². The van der Waals surface area contributed by atoms with Crippen LogP contribution in [-0.2, 0) is 9.53 Å². The lowest BCUT2D eigenvalue weighted by Gasteiger charge is -2.05. The lowest BCUT2D eigenvalue weighted by molar-refractivity contribution is -0.119. The molecule has 0 spiro atoms. The summed E-state index contributed by atoms with van der Waals surface area (Å²) in [7, 11) is 0. The molecule has 104 valence electrons. The van der Waals surface area contributed by atoms with Gasteiger partial charge in [-0.25, -0.2) is 4.98 Å². The number of hydrogen-bond acceptors (Lipinski definition) is 4. The predicted molar refractivity (Wildman–Crippen MR) is 75.2 cm³/mol. The number of para-hydroxylation sites is 2. The minimum absolute atomic E-state index is 0.119. The topological polar surface area (TPSA) is 78.8 Å². The lowest BCUT2D eigenvalue weighted by Crippen LogP contribution is -2.13. The third-order valence-electron chi connectivity index (χ3n) is 3.05. The molecule has 0 radical (unpaired) electrons. The Balaban J connectivity index is 2.07. The summed E-state index contributed by atoms with van der Waals surface area (Å²) in [4.78, 5) is 19.4. The molecule has 1 atom stereocenters. The summed E-state index contributed by atoms with van der Waals surface area (Å²) in [6, 6.07) is 9.52. The molecule has 0 aliphatic carbocycles. The lowest BCUT2D eigenvalue weighted by atomic mass is 10.0. The van der Waals surface area contributed by atoms with Crippen molar-refractivity contribution in [2.45, 2.75) is 25.7 Å². The smallest absolute Gasteiger partial charge is 0.162 e. The second-order valence-electron chi connectivity index (χ2n) is 4.47. The number of fused-ring (bicyclic) bond motifs is 1. The van der Waals surface area contributed by atoms with E-state index in [0.29, 0.717) is 31.9 Å². The number of ketones is 1. The molecule has 5 heteroatoms. The zero-order valence-electron chi connectivity index (χ0n) is 11.4. The summed E-state index contributed by atoms with van der Waals surface area (Å²) in [6.45, 7) is 3.09. The second kappa shape index (κ2) is 6.83. The molecule has 0 aliphatic rings. The van der Waals surface area contributed by atoms with Crippen LogP contribution < -0.4 is 0 Å². The van der Waals surface area contributed by atoms with Crippen molar-refractivity contribution >= 4 is 16.8 Å². The number of nitrogens with one attached hydrogen (secondary N) is 1. The van der Waals surface area contributed by atoms with E-state index < -0.39 is 5.92 Å². The van der Waals surface area contributed by atoms with Crippen molar-refractivity contribution in [3.8, 4) is 6.07 Å². The minimum atomic E-state index is -0.830. The van der Waals surface area contributed by atoms with Gasteiger partial charge in [-0.15, -0.1) is 0 Å². The maximum absolute atomic E-state index is 12.1. The Labute approximate surface area is 117 Å². The summed E-state index contributed by atoms with van der Waals surface area (Å²) >= 11 is 0. The van der Waals surface area contributed by atoms with Crippen molar-refractivity contribution in [1.82, 2.24) is 9.97 Å². The number of ether oxygens (including phenoxy) is 1. The molecule has 1 N–H and O–H groups in total. The number of benzene rings is 1. The van der Waals surface area contributed by atoms with Gasteiger partial charge in [0.1, 0.15) is 5.82 Å². The van der Waals surface area contributed by atoms with Gasteiger partial charge in [0.15, 0.2) is 11.7 Å². The Morgan fingerprint density at radius 1 is 1.50 bits per heavy atom. The number of aromatic amines is 1. The fourth-order valence-corrected chi connectivity index (χ4v) is 2.03. The first-order valence-corrected chi connectivity index (χ1v) is 6.71. The number of Topliss-reactive ketones (excluding diaryl/α,β-unsaturated/α-hetero) is 1. The molecule has 1 heterocycles. The summed E-state index contributed by atoms with van der Waals surface area (Å²) in [6.07, 6.45) is 0.959. The Morgan fingerprint density at radius 2 is 2.30 bits per heavy atom. The Morgan fingerprint density at radius 3 is 3.00 bits per heavy atom. The molecule has 0 aliphatic heterocycles. The van der Waals surface area contributed by atoms with Crippen LogP contribution in [0, 0.1) is 11.3 Å². The van der Waals surface area contributed by atoms with Gasteiger partial charge in [-0.3, -0.25) is 4.79 Å². The molecule has 2 aromatic rings. The van der Waals surface area contributed by atoms with E-state index in [0.717, 1.165) is 11.0 Å². The highest BCUT2D eigenvalue weighted by atomic mass is 16.5. The van der Waals surface area contributed by atoms with Crippen LogP contribution in [0.3, 0.4) is 0 Å². The fourth-order valence-electron chi connectivity index (χ4n) is 2.03. The molecule has 0 saturated heterocycles. The van der Waals surface area contributed by atoms with E-state index in [1.54, 1.807) is 0 Å². The second-order valence-corrected chi connectivity index (χ2v) is 4.47. The molecule has 0 bridgehead atoms. The number of rotatable bonds is 7. The summed E-state index contributed by atoms with van der Waals surface area (Å²) in [5, 5.41) is 9.22. The quantitative estimate of drug-likeness (QED) is 0.785. The molecule has 0 unspecified atom stereocenters. The van der Waals surface area contributed by atoms with Gasteiger partial charge >= 0.3 is 0 Å². The van der Waals surface area contributed by atoms with E-state index in [1.165, 1.54) is 0 Å². The van der Waals surface area contributed by atoms with E-state index in [1.807, 2.05) is 37.3 Å². The van der Waals surface area contributed by atoms with E-state index in [-0.39, 0.29) is 5.78 Å². The van der Waals surface area contributed by atoms with Crippen LogP contribution in [0.15, 0.2) is 24.3 Å². The van der Waals surface area contributed by atoms with Gasteiger partial charge < -0.3 is 9.72 Å².